The summed E-state index contributed by atoms with van der Waals surface area (Å²) in [5, 5.41) is 10.6. The van der Waals surface area contributed by atoms with Crippen LogP contribution in [0.15, 0.2) is 35.4 Å². The van der Waals surface area contributed by atoms with Crippen LogP contribution in [0.2, 0.25) is 0 Å². The minimum atomic E-state index is -0.451. The quantitative estimate of drug-likeness (QED) is 0.600. The summed E-state index contributed by atoms with van der Waals surface area (Å²) < 4.78 is 1.32. The third-order valence-electron chi connectivity index (χ3n) is 4.42. The lowest BCUT2D eigenvalue weighted by atomic mass is 10.2. The summed E-state index contributed by atoms with van der Waals surface area (Å²) in [7, 11) is 0. The number of aromatic nitrogens is 2. The summed E-state index contributed by atoms with van der Waals surface area (Å²) in [6.07, 6.45) is 1.40. The first-order valence-electron chi connectivity index (χ1n) is 8.06. The highest BCUT2D eigenvalue weighted by Gasteiger charge is 2.31. The Bertz CT molecular complexity index is 910. The Balaban J connectivity index is 1.79. The van der Waals surface area contributed by atoms with E-state index in [1.165, 1.54) is 23.0 Å². The Morgan fingerprint density at radius 1 is 1.35 bits per heavy atom. The topological polar surface area (TPSA) is 98.3 Å². The molecule has 1 aliphatic rings. The van der Waals surface area contributed by atoms with Crippen molar-refractivity contribution in [2.45, 2.75) is 25.8 Å². The minimum absolute atomic E-state index is 0.0161. The van der Waals surface area contributed by atoms with E-state index in [1.807, 2.05) is 0 Å². The van der Waals surface area contributed by atoms with Crippen molar-refractivity contribution in [3.8, 4) is 0 Å². The molecule has 1 amide bonds. The molecule has 26 heavy (non-hydrogen) atoms. The van der Waals surface area contributed by atoms with Crippen molar-refractivity contribution in [2.24, 2.45) is 0 Å². The molecular formula is C17H18N4O4S. The second-order valence-electron chi connectivity index (χ2n) is 6.05. The molecule has 1 aliphatic heterocycles. The van der Waals surface area contributed by atoms with Gasteiger partial charge in [-0.05, 0) is 31.5 Å². The fraction of sp³-hybridized carbons (Fsp3) is 0.353. The molecule has 0 spiro atoms. The van der Waals surface area contributed by atoms with Crippen LogP contribution in [0.25, 0.3) is 0 Å². The van der Waals surface area contributed by atoms with E-state index in [-0.39, 0.29) is 29.1 Å². The second-order valence-corrected chi connectivity index (χ2v) is 7.24. The van der Waals surface area contributed by atoms with Gasteiger partial charge in [0.2, 0.25) is 5.91 Å². The molecule has 0 saturated carbocycles. The van der Waals surface area contributed by atoms with Crippen LogP contribution in [0, 0.1) is 24.0 Å². The summed E-state index contributed by atoms with van der Waals surface area (Å²) in [6, 6.07) is 6.22. The largest absolute Gasteiger partial charge is 0.324 e. The average molecular weight is 374 g/mol. The van der Waals surface area contributed by atoms with Crippen molar-refractivity contribution >= 4 is 23.4 Å². The van der Waals surface area contributed by atoms with E-state index in [2.05, 4.69) is 4.98 Å². The first-order valence-corrected chi connectivity index (χ1v) is 9.11. The molecule has 1 fully saturated rings. The maximum Gasteiger partial charge on any atom is 0.269 e. The number of nitro benzene ring substituents is 1. The van der Waals surface area contributed by atoms with Gasteiger partial charge in [0, 0.05) is 35.7 Å². The van der Waals surface area contributed by atoms with Crippen molar-refractivity contribution < 1.29 is 9.72 Å². The van der Waals surface area contributed by atoms with Crippen LogP contribution in [0.4, 0.5) is 5.69 Å². The third kappa shape index (κ3) is 3.48. The molecular weight excluding hydrogens is 356 g/mol. The molecule has 0 bridgehead atoms. The third-order valence-corrected chi connectivity index (χ3v) is 5.68. The molecule has 2 heterocycles. The molecule has 8 nitrogen and oxygen atoms in total. The molecule has 3 rings (SSSR count). The lowest BCUT2D eigenvalue weighted by Crippen LogP contribution is -2.36. The van der Waals surface area contributed by atoms with Gasteiger partial charge in [-0.25, -0.2) is 4.98 Å². The SMILES string of the molecule is Cc1ncn(CC(=O)N2CCSC2c2ccc([N+](=O)[O-])cc2)c(=O)c1C. The lowest BCUT2D eigenvalue weighted by Gasteiger charge is -2.24. The first kappa shape index (κ1) is 18.1. The Kier molecular flexibility index (Phi) is 5.08. The van der Waals surface area contributed by atoms with Crippen LogP contribution in [-0.4, -0.2) is 37.6 Å². The fourth-order valence-corrected chi connectivity index (χ4v) is 4.07. The van der Waals surface area contributed by atoms with Gasteiger partial charge in [-0.2, -0.15) is 0 Å². The zero-order chi connectivity index (χ0) is 18.8. The van der Waals surface area contributed by atoms with Crippen molar-refractivity contribution in [3.05, 3.63) is 67.9 Å². The van der Waals surface area contributed by atoms with Gasteiger partial charge in [-0.15, -0.1) is 11.8 Å². The van der Waals surface area contributed by atoms with Gasteiger partial charge in [0.1, 0.15) is 11.9 Å². The van der Waals surface area contributed by atoms with Gasteiger partial charge in [-0.3, -0.25) is 24.3 Å². The average Bonchev–Trinajstić information content (AvgIpc) is 3.12. The predicted molar refractivity (Wildman–Crippen MR) is 98.0 cm³/mol. The van der Waals surface area contributed by atoms with Gasteiger partial charge < -0.3 is 4.90 Å². The predicted octanol–water partition coefficient (Wildman–Crippen LogP) is 2.04. The Hall–Kier alpha value is -2.68. The van der Waals surface area contributed by atoms with E-state index in [4.69, 9.17) is 0 Å². The van der Waals surface area contributed by atoms with Gasteiger partial charge in [0.15, 0.2) is 0 Å². The smallest absolute Gasteiger partial charge is 0.269 e. The Labute approximate surface area is 154 Å². The maximum atomic E-state index is 12.7. The molecule has 0 radical (unpaired) electrons. The van der Waals surface area contributed by atoms with Crippen molar-refractivity contribution in [1.29, 1.82) is 0 Å². The molecule has 1 aromatic heterocycles. The number of hydrogen-bond acceptors (Lipinski definition) is 6. The zero-order valence-corrected chi connectivity index (χ0v) is 15.2. The number of amides is 1. The number of benzene rings is 1. The van der Waals surface area contributed by atoms with E-state index >= 15 is 0 Å². The van der Waals surface area contributed by atoms with Crippen LogP contribution < -0.4 is 5.56 Å². The van der Waals surface area contributed by atoms with E-state index in [1.54, 1.807) is 42.6 Å². The van der Waals surface area contributed by atoms with Crippen LogP contribution in [0.5, 0.6) is 0 Å². The molecule has 1 atom stereocenters. The van der Waals surface area contributed by atoms with Gasteiger partial charge in [-0.1, -0.05) is 0 Å². The second kappa shape index (κ2) is 7.28. The normalized spacial score (nSPS) is 16.7. The van der Waals surface area contributed by atoms with Crippen molar-refractivity contribution in [1.82, 2.24) is 14.5 Å². The number of rotatable bonds is 4. The molecule has 1 aromatic carbocycles. The standard InChI is InChI=1S/C17H18N4O4S/c1-11-12(2)18-10-19(16(11)23)9-15(22)20-7-8-26-17(20)13-3-5-14(6-4-13)21(24)25/h3-6,10,17H,7-9H2,1-2H3. The van der Waals surface area contributed by atoms with Crippen molar-refractivity contribution in [3.63, 3.8) is 0 Å². The fourth-order valence-electron chi connectivity index (χ4n) is 2.79. The highest BCUT2D eigenvalue weighted by Crippen LogP contribution is 2.38. The van der Waals surface area contributed by atoms with Gasteiger partial charge in [0.05, 0.1) is 11.3 Å². The molecule has 1 saturated heterocycles. The Morgan fingerprint density at radius 2 is 2.04 bits per heavy atom. The molecule has 0 aliphatic carbocycles. The van der Waals surface area contributed by atoms with E-state index < -0.39 is 4.92 Å². The van der Waals surface area contributed by atoms with E-state index in [0.717, 1.165) is 11.3 Å². The summed E-state index contributed by atoms with van der Waals surface area (Å²) >= 11 is 1.60. The lowest BCUT2D eigenvalue weighted by molar-refractivity contribution is -0.384. The van der Waals surface area contributed by atoms with Crippen LogP contribution in [0.1, 0.15) is 22.2 Å². The minimum Gasteiger partial charge on any atom is -0.324 e. The van der Waals surface area contributed by atoms with E-state index in [9.17, 15) is 19.7 Å². The maximum absolute atomic E-state index is 12.7. The van der Waals surface area contributed by atoms with E-state index in [0.29, 0.717) is 17.8 Å². The molecule has 136 valence electrons. The zero-order valence-electron chi connectivity index (χ0n) is 14.4. The van der Waals surface area contributed by atoms with Gasteiger partial charge >= 0.3 is 0 Å². The number of thioether (sulfide) groups is 1. The number of nitro groups is 1. The van der Waals surface area contributed by atoms with Crippen LogP contribution >= 0.6 is 11.8 Å². The summed E-state index contributed by atoms with van der Waals surface area (Å²) in [5.74, 6) is 0.596. The molecule has 9 heteroatoms. The number of aryl methyl sites for hydroxylation is 1. The number of non-ortho nitro benzene ring substituents is 1. The summed E-state index contributed by atoms with van der Waals surface area (Å²) in [6.45, 7) is 3.94. The summed E-state index contributed by atoms with van der Waals surface area (Å²) in [4.78, 5) is 41.2. The molecule has 1 unspecified atom stereocenters. The highest BCUT2D eigenvalue weighted by atomic mass is 32.2. The van der Waals surface area contributed by atoms with Gasteiger partial charge in [0.25, 0.3) is 11.2 Å². The summed E-state index contributed by atoms with van der Waals surface area (Å²) in [5.41, 5.74) is 1.81. The molecule has 0 N–H and O–H groups in total. The van der Waals surface area contributed by atoms with Crippen LogP contribution in [-0.2, 0) is 11.3 Å². The number of hydrogen-bond donors (Lipinski definition) is 0. The van der Waals surface area contributed by atoms with Crippen LogP contribution in [0.3, 0.4) is 0 Å². The Morgan fingerprint density at radius 3 is 2.69 bits per heavy atom. The number of carbonyl (C=O) groups is 1. The monoisotopic (exact) mass is 374 g/mol. The molecule has 2 aromatic rings. The van der Waals surface area contributed by atoms with Crippen molar-refractivity contribution in [2.75, 3.05) is 12.3 Å². The highest BCUT2D eigenvalue weighted by molar-refractivity contribution is 7.99. The number of carbonyl (C=O) groups excluding carboxylic acids is 1. The number of nitrogens with zero attached hydrogens (tertiary/aromatic N) is 4. The first-order chi connectivity index (χ1) is 12.4.